The summed E-state index contributed by atoms with van der Waals surface area (Å²) in [6.07, 6.45) is 2.07. The van der Waals surface area contributed by atoms with Crippen LogP contribution in [-0.4, -0.2) is 28.6 Å². The van der Waals surface area contributed by atoms with E-state index in [2.05, 4.69) is 10.1 Å². The monoisotopic (exact) mass is 317 g/mol. The molecule has 122 valence electrons. The lowest BCUT2D eigenvalue weighted by molar-refractivity contribution is -0.385. The van der Waals surface area contributed by atoms with E-state index >= 15 is 0 Å². The van der Waals surface area contributed by atoms with E-state index in [1.807, 2.05) is 13.0 Å². The number of non-ortho nitro benzene ring substituents is 1. The maximum atomic E-state index is 11.0. The van der Waals surface area contributed by atoms with E-state index in [-0.39, 0.29) is 16.7 Å². The highest BCUT2D eigenvalue weighted by Crippen LogP contribution is 2.35. The number of likely N-dealkylation sites (tertiary alicyclic amines) is 1. The average molecular weight is 317 g/mol. The Morgan fingerprint density at radius 1 is 1.48 bits per heavy atom. The summed E-state index contributed by atoms with van der Waals surface area (Å²) in [5, 5.41) is 15.1. The first-order chi connectivity index (χ1) is 11.1. The van der Waals surface area contributed by atoms with E-state index < -0.39 is 0 Å². The van der Waals surface area contributed by atoms with E-state index in [1.165, 1.54) is 6.07 Å². The molecule has 23 heavy (non-hydrogen) atoms. The van der Waals surface area contributed by atoms with Crippen LogP contribution in [-0.2, 0) is 6.54 Å². The highest BCUT2D eigenvalue weighted by Gasteiger charge is 2.29. The van der Waals surface area contributed by atoms with E-state index in [9.17, 15) is 10.1 Å². The number of ether oxygens (including phenoxy) is 1. The van der Waals surface area contributed by atoms with Crippen molar-refractivity contribution in [3.05, 3.63) is 51.4 Å². The van der Waals surface area contributed by atoms with Crippen LogP contribution in [0.2, 0.25) is 0 Å². The topological polar surface area (TPSA) is 81.6 Å². The molecule has 1 aromatic heterocycles. The molecule has 0 bridgehead atoms. The lowest BCUT2D eigenvalue weighted by atomic mass is 10.1. The van der Waals surface area contributed by atoms with Crippen molar-refractivity contribution in [1.29, 1.82) is 0 Å². The second kappa shape index (κ2) is 6.37. The van der Waals surface area contributed by atoms with Gasteiger partial charge in [-0.3, -0.25) is 15.0 Å². The molecule has 0 saturated carbocycles. The molecule has 1 aliphatic rings. The lowest BCUT2D eigenvalue weighted by Gasteiger charge is -2.23. The van der Waals surface area contributed by atoms with Crippen LogP contribution in [0.1, 0.15) is 35.9 Å². The Morgan fingerprint density at radius 3 is 2.96 bits per heavy atom. The fourth-order valence-corrected chi connectivity index (χ4v) is 3.11. The van der Waals surface area contributed by atoms with Crippen molar-refractivity contribution in [3.63, 3.8) is 0 Å². The van der Waals surface area contributed by atoms with Gasteiger partial charge in [0.25, 0.3) is 5.69 Å². The minimum atomic E-state index is -0.384. The van der Waals surface area contributed by atoms with Gasteiger partial charge < -0.3 is 9.26 Å². The van der Waals surface area contributed by atoms with Crippen molar-refractivity contribution >= 4 is 5.69 Å². The zero-order chi connectivity index (χ0) is 16.4. The van der Waals surface area contributed by atoms with Gasteiger partial charge in [0, 0.05) is 30.3 Å². The maximum Gasteiger partial charge on any atom is 0.270 e. The van der Waals surface area contributed by atoms with Crippen molar-refractivity contribution in [3.8, 4) is 5.75 Å². The van der Waals surface area contributed by atoms with Crippen LogP contribution in [0.4, 0.5) is 5.69 Å². The highest BCUT2D eigenvalue weighted by molar-refractivity contribution is 5.43. The molecule has 0 unspecified atom stereocenters. The van der Waals surface area contributed by atoms with Gasteiger partial charge in [-0.1, -0.05) is 5.16 Å². The predicted molar refractivity (Wildman–Crippen MR) is 83.3 cm³/mol. The number of nitrogens with zero attached hydrogens (tertiary/aromatic N) is 3. The van der Waals surface area contributed by atoms with Crippen LogP contribution < -0.4 is 4.74 Å². The standard InChI is InChI=1S/C16H19N3O4/c1-11-8-14(17-23-11)15-4-3-7-18(15)10-12-9-13(19(20)21)5-6-16(12)22-2/h5-6,8-9,15H,3-4,7,10H2,1-2H3/t15-/m0/s1. The number of nitro groups is 1. The van der Waals surface area contributed by atoms with Crippen molar-refractivity contribution < 1.29 is 14.2 Å². The minimum absolute atomic E-state index is 0.0776. The highest BCUT2D eigenvalue weighted by atomic mass is 16.6. The molecule has 1 fully saturated rings. The predicted octanol–water partition coefficient (Wildman–Crippen LogP) is 3.24. The van der Waals surface area contributed by atoms with Gasteiger partial charge in [-0.05, 0) is 32.4 Å². The molecule has 7 heteroatoms. The van der Waals surface area contributed by atoms with Crippen molar-refractivity contribution in [2.75, 3.05) is 13.7 Å². The molecule has 2 heterocycles. The summed E-state index contributed by atoms with van der Waals surface area (Å²) in [5.74, 6) is 1.46. The number of rotatable bonds is 5. The molecule has 3 rings (SSSR count). The molecule has 1 atom stereocenters. The van der Waals surface area contributed by atoms with Gasteiger partial charge in [-0.15, -0.1) is 0 Å². The smallest absolute Gasteiger partial charge is 0.270 e. The summed E-state index contributed by atoms with van der Waals surface area (Å²) in [7, 11) is 1.58. The first kappa shape index (κ1) is 15.5. The Labute approximate surface area is 134 Å². The summed E-state index contributed by atoms with van der Waals surface area (Å²) < 4.78 is 10.5. The molecule has 0 aliphatic carbocycles. The lowest BCUT2D eigenvalue weighted by Crippen LogP contribution is -2.23. The zero-order valence-corrected chi connectivity index (χ0v) is 13.2. The van der Waals surface area contributed by atoms with E-state index in [1.54, 1.807) is 19.2 Å². The Bertz CT molecular complexity index is 713. The number of hydrogen-bond acceptors (Lipinski definition) is 6. The minimum Gasteiger partial charge on any atom is -0.496 e. The number of methoxy groups -OCH3 is 1. The third-order valence-electron chi connectivity index (χ3n) is 4.20. The fraction of sp³-hybridized carbons (Fsp3) is 0.438. The molecular weight excluding hydrogens is 298 g/mol. The summed E-state index contributed by atoms with van der Waals surface area (Å²) in [6, 6.07) is 6.83. The summed E-state index contributed by atoms with van der Waals surface area (Å²) >= 11 is 0. The fourth-order valence-electron chi connectivity index (χ4n) is 3.11. The normalized spacial score (nSPS) is 18.3. The number of aromatic nitrogens is 1. The number of benzene rings is 1. The first-order valence-electron chi connectivity index (χ1n) is 7.57. The van der Waals surface area contributed by atoms with Gasteiger partial charge in [0.1, 0.15) is 17.2 Å². The third-order valence-corrected chi connectivity index (χ3v) is 4.20. The second-order valence-corrected chi connectivity index (χ2v) is 5.74. The zero-order valence-electron chi connectivity index (χ0n) is 13.2. The van der Waals surface area contributed by atoms with Gasteiger partial charge in [0.2, 0.25) is 0 Å². The molecule has 1 aromatic carbocycles. The van der Waals surface area contributed by atoms with Crippen LogP contribution in [0, 0.1) is 17.0 Å². The van der Waals surface area contributed by atoms with Crippen molar-refractivity contribution in [2.45, 2.75) is 32.4 Å². The third kappa shape index (κ3) is 3.19. The SMILES string of the molecule is COc1ccc([N+](=O)[O-])cc1CN1CCC[C@H]1c1cc(C)on1. The summed E-state index contributed by atoms with van der Waals surface area (Å²) in [5.41, 5.74) is 1.81. The van der Waals surface area contributed by atoms with Crippen molar-refractivity contribution in [2.24, 2.45) is 0 Å². The number of hydrogen-bond donors (Lipinski definition) is 0. The molecular formula is C16H19N3O4. The molecule has 0 radical (unpaired) electrons. The molecule has 0 amide bonds. The molecule has 1 saturated heterocycles. The molecule has 0 spiro atoms. The molecule has 2 aromatic rings. The van der Waals surface area contributed by atoms with Gasteiger partial charge in [-0.25, -0.2) is 0 Å². The first-order valence-corrected chi connectivity index (χ1v) is 7.57. The van der Waals surface area contributed by atoms with Crippen LogP contribution in [0.25, 0.3) is 0 Å². The molecule has 0 N–H and O–H groups in total. The Morgan fingerprint density at radius 2 is 2.30 bits per heavy atom. The van der Waals surface area contributed by atoms with Crippen LogP contribution in [0.15, 0.2) is 28.8 Å². The van der Waals surface area contributed by atoms with Crippen molar-refractivity contribution in [1.82, 2.24) is 10.1 Å². The Balaban J connectivity index is 1.85. The average Bonchev–Trinajstić information content (AvgIpc) is 3.15. The van der Waals surface area contributed by atoms with Crippen LogP contribution >= 0.6 is 0 Å². The van der Waals surface area contributed by atoms with E-state index in [0.717, 1.165) is 36.4 Å². The Hall–Kier alpha value is -2.41. The number of aryl methyl sites for hydroxylation is 1. The Kier molecular flexibility index (Phi) is 4.29. The van der Waals surface area contributed by atoms with Crippen LogP contribution in [0.3, 0.4) is 0 Å². The quantitative estimate of drug-likeness (QED) is 0.622. The summed E-state index contributed by atoms with van der Waals surface area (Å²) in [4.78, 5) is 12.9. The summed E-state index contributed by atoms with van der Waals surface area (Å²) in [6.45, 7) is 3.38. The molecule has 1 aliphatic heterocycles. The number of nitro benzene ring substituents is 1. The van der Waals surface area contributed by atoms with Crippen LogP contribution in [0.5, 0.6) is 5.75 Å². The van der Waals surface area contributed by atoms with E-state index in [0.29, 0.717) is 12.3 Å². The van der Waals surface area contributed by atoms with E-state index in [4.69, 9.17) is 9.26 Å². The maximum absolute atomic E-state index is 11.0. The van der Waals surface area contributed by atoms with Gasteiger partial charge in [0.15, 0.2) is 0 Å². The molecule has 7 nitrogen and oxygen atoms in total. The largest absolute Gasteiger partial charge is 0.496 e. The second-order valence-electron chi connectivity index (χ2n) is 5.74. The van der Waals surface area contributed by atoms with Gasteiger partial charge in [-0.2, -0.15) is 0 Å². The van der Waals surface area contributed by atoms with Gasteiger partial charge >= 0.3 is 0 Å². The van der Waals surface area contributed by atoms with Gasteiger partial charge in [0.05, 0.1) is 18.1 Å².